The molecule has 2 atom stereocenters. The Hall–Kier alpha value is -1.92. The van der Waals surface area contributed by atoms with Gasteiger partial charge in [0.15, 0.2) is 0 Å². The first kappa shape index (κ1) is 19.1. The van der Waals surface area contributed by atoms with Crippen molar-refractivity contribution >= 4 is 0 Å². The Labute approximate surface area is 137 Å². The highest BCUT2D eigenvalue weighted by molar-refractivity contribution is 5.27. The van der Waals surface area contributed by atoms with Crippen LogP contribution < -0.4 is 10.5 Å². The third-order valence-electron chi connectivity index (χ3n) is 3.18. The Morgan fingerprint density at radius 2 is 1.57 bits per heavy atom. The van der Waals surface area contributed by atoms with Gasteiger partial charge < -0.3 is 25.8 Å². The van der Waals surface area contributed by atoms with Crippen molar-refractivity contribution in [1.82, 2.24) is 0 Å². The average molecular weight is 319 g/mol. The van der Waals surface area contributed by atoms with E-state index in [1.807, 2.05) is 54.6 Å². The van der Waals surface area contributed by atoms with Gasteiger partial charge in [-0.1, -0.05) is 42.5 Å². The van der Waals surface area contributed by atoms with Gasteiger partial charge in [0.25, 0.3) is 0 Å². The second-order valence-electron chi connectivity index (χ2n) is 5.16. The van der Waals surface area contributed by atoms with Crippen LogP contribution in [0, 0.1) is 0 Å². The van der Waals surface area contributed by atoms with Crippen LogP contribution in [0.25, 0.3) is 0 Å². The monoisotopic (exact) mass is 319 g/mol. The Balaban J connectivity index is 0.000000322. The van der Waals surface area contributed by atoms with Gasteiger partial charge in [-0.05, 0) is 30.2 Å². The quantitative estimate of drug-likeness (QED) is 0.646. The fourth-order valence-electron chi connectivity index (χ4n) is 1.58. The summed E-state index contributed by atoms with van der Waals surface area (Å²) in [5.74, 6) is 0.820. The Morgan fingerprint density at radius 3 is 2.00 bits per heavy atom. The summed E-state index contributed by atoms with van der Waals surface area (Å²) in [6.45, 7) is 2.02. The van der Waals surface area contributed by atoms with Crippen LogP contribution >= 0.6 is 0 Å². The highest BCUT2D eigenvalue weighted by atomic mass is 16.5. The molecule has 0 aromatic heterocycles. The second kappa shape index (κ2) is 10.7. The lowest BCUT2D eigenvalue weighted by Gasteiger charge is -2.08. The van der Waals surface area contributed by atoms with Crippen molar-refractivity contribution in [1.29, 1.82) is 0 Å². The minimum Gasteiger partial charge on any atom is -0.489 e. The maximum atomic E-state index is 8.90. The van der Waals surface area contributed by atoms with Crippen molar-refractivity contribution in [3.8, 4) is 5.75 Å². The van der Waals surface area contributed by atoms with Gasteiger partial charge in [0.1, 0.15) is 12.4 Å². The number of nitrogens with two attached hydrogens (primary N) is 1. The predicted octanol–water partition coefficient (Wildman–Crippen LogP) is 1.44. The van der Waals surface area contributed by atoms with E-state index >= 15 is 0 Å². The van der Waals surface area contributed by atoms with Crippen molar-refractivity contribution in [2.45, 2.75) is 32.3 Å². The first-order valence-electron chi connectivity index (χ1n) is 7.47. The van der Waals surface area contributed by atoms with Gasteiger partial charge in [0.2, 0.25) is 0 Å². The van der Waals surface area contributed by atoms with Gasteiger partial charge in [0.05, 0.1) is 25.4 Å². The minimum atomic E-state index is -0.606. The number of hydrogen-bond donors (Lipinski definition) is 4. The summed E-state index contributed by atoms with van der Waals surface area (Å²) in [6, 6.07) is 17.0. The largest absolute Gasteiger partial charge is 0.489 e. The maximum absolute atomic E-state index is 8.90. The van der Waals surface area contributed by atoms with Gasteiger partial charge >= 0.3 is 0 Å². The van der Waals surface area contributed by atoms with E-state index in [2.05, 4.69) is 0 Å². The minimum absolute atomic E-state index is 0.0684. The van der Waals surface area contributed by atoms with Crippen LogP contribution in [0.15, 0.2) is 54.6 Å². The molecule has 2 aromatic rings. The third-order valence-corrected chi connectivity index (χ3v) is 3.18. The van der Waals surface area contributed by atoms with E-state index in [-0.39, 0.29) is 13.2 Å². The normalized spacial score (nSPS) is 12.7. The van der Waals surface area contributed by atoms with E-state index < -0.39 is 12.1 Å². The summed E-state index contributed by atoms with van der Waals surface area (Å²) in [6.07, 6.45) is -0.606. The fraction of sp³-hybridized carbons (Fsp3) is 0.333. The molecule has 2 aromatic carbocycles. The summed E-state index contributed by atoms with van der Waals surface area (Å²) in [5.41, 5.74) is 7.16. The molecule has 0 heterocycles. The number of benzene rings is 2. The van der Waals surface area contributed by atoms with Crippen LogP contribution in [0.1, 0.15) is 18.1 Å². The van der Waals surface area contributed by atoms with E-state index in [1.165, 1.54) is 0 Å². The highest BCUT2D eigenvalue weighted by Crippen LogP contribution is 2.14. The molecule has 0 saturated heterocycles. The molecule has 0 fully saturated rings. The van der Waals surface area contributed by atoms with Crippen LogP contribution in [-0.2, 0) is 13.2 Å². The lowest BCUT2D eigenvalue weighted by molar-refractivity contribution is 0.123. The topological polar surface area (TPSA) is 95.9 Å². The molecule has 5 heteroatoms. The van der Waals surface area contributed by atoms with Crippen molar-refractivity contribution in [3.63, 3.8) is 0 Å². The predicted molar refractivity (Wildman–Crippen MR) is 89.9 cm³/mol. The molecular formula is C18H25NO4. The molecule has 5 N–H and O–H groups in total. The number of ether oxygens (including phenoxy) is 1. The molecule has 0 aliphatic heterocycles. The van der Waals surface area contributed by atoms with Crippen molar-refractivity contribution in [3.05, 3.63) is 65.7 Å². The molecule has 0 spiro atoms. The first-order chi connectivity index (χ1) is 11.1. The molecule has 0 aliphatic rings. The van der Waals surface area contributed by atoms with Crippen LogP contribution in [0.2, 0.25) is 0 Å². The third kappa shape index (κ3) is 7.76. The van der Waals surface area contributed by atoms with Crippen LogP contribution in [0.4, 0.5) is 0 Å². The Bertz CT molecular complexity index is 528. The highest BCUT2D eigenvalue weighted by Gasteiger charge is 2.04. The molecule has 126 valence electrons. The molecule has 0 bridgehead atoms. The molecule has 0 saturated carbocycles. The zero-order chi connectivity index (χ0) is 17.1. The number of aliphatic hydroxyl groups is 3. The molecule has 0 unspecified atom stereocenters. The summed E-state index contributed by atoms with van der Waals surface area (Å²) < 4.78 is 5.61. The van der Waals surface area contributed by atoms with Crippen LogP contribution in [-0.4, -0.2) is 34.1 Å². The van der Waals surface area contributed by atoms with Gasteiger partial charge in [0, 0.05) is 0 Å². The second-order valence-corrected chi connectivity index (χ2v) is 5.16. The van der Waals surface area contributed by atoms with Crippen LogP contribution in [0.3, 0.4) is 0 Å². The maximum Gasteiger partial charge on any atom is 0.119 e. The number of hydrogen-bond acceptors (Lipinski definition) is 5. The summed E-state index contributed by atoms with van der Waals surface area (Å²) >= 11 is 0. The SMILES string of the molecule is C[C@@H](O)[C@H](N)CO.OCc1ccc(OCc2ccccc2)cc1. The van der Waals surface area contributed by atoms with E-state index in [1.54, 1.807) is 6.92 Å². The molecule has 0 aliphatic carbocycles. The standard InChI is InChI=1S/C14H14O2.C4H11NO2/c15-10-12-6-8-14(9-7-12)16-11-13-4-2-1-3-5-13;1-3(7)4(5)2-6/h1-9,15H,10-11H2;3-4,6-7H,2,5H2,1H3/t;3-,4-/m.1/s1. The Kier molecular flexibility index (Phi) is 8.94. The zero-order valence-corrected chi connectivity index (χ0v) is 13.3. The smallest absolute Gasteiger partial charge is 0.119 e. The summed E-state index contributed by atoms with van der Waals surface area (Å²) in [4.78, 5) is 0. The number of aliphatic hydroxyl groups excluding tert-OH is 3. The van der Waals surface area contributed by atoms with Crippen molar-refractivity contribution in [2.24, 2.45) is 5.73 Å². The van der Waals surface area contributed by atoms with Crippen LogP contribution in [0.5, 0.6) is 5.75 Å². The summed E-state index contributed by atoms with van der Waals surface area (Å²) in [5, 5.41) is 25.7. The fourth-order valence-corrected chi connectivity index (χ4v) is 1.58. The average Bonchev–Trinajstić information content (AvgIpc) is 2.61. The van der Waals surface area contributed by atoms with E-state index in [9.17, 15) is 0 Å². The van der Waals surface area contributed by atoms with E-state index in [0.717, 1.165) is 16.9 Å². The molecule has 23 heavy (non-hydrogen) atoms. The molecule has 0 amide bonds. The van der Waals surface area contributed by atoms with E-state index in [4.69, 9.17) is 25.8 Å². The van der Waals surface area contributed by atoms with Gasteiger partial charge in [-0.3, -0.25) is 0 Å². The molecular weight excluding hydrogens is 294 g/mol. The van der Waals surface area contributed by atoms with Crippen molar-refractivity contribution in [2.75, 3.05) is 6.61 Å². The zero-order valence-electron chi connectivity index (χ0n) is 13.3. The first-order valence-corrected chi connectivity index (χ1v) is 7.47. The summed E-state index contributed by atoms with van der Waals surface area (Å²) in [7, 11) is 0. The molecule has 0 radical (unpaired) electrons. The Morgan fingerprint density at radius 1 is 0.957 bits per heavy atom. The van der Waals surface area contributed by atoms with Gasteiger partial charge in [-0.15, -0.1) is 0 Å². The van der Waals surface area contributed by atoms with E-state index in [0.29, 0.717) is 6.61 Å². The van der Waals surface area contributed by atoms with Gasteiger partial charge in [-0.25, -0.2) is 0 Å². The molecule has 5 nitrogen and oxygen atoms in total. The lowest BCUT2D eigenvalue weighted by atomic mass is 10.2. The van der Waals surface area contributed by atoms with Crippen molar-refractivity contribution < 1.29 is 20.1 Å². The lowest BCUT2D eigenvalue weighted by Crippen LogP contribution is -2.35. The molecule has 2 rings (SSSR count). The van der Waals surface area contributed by atoms with Gasteiger partial charge in [-0.2, -0.15) is 0 Å². The number of rotatable bonds is 6.